The minimum atomic E-state index is -1.24. The molecule has 7 nitrogen and oxygen atoms in total. The van der Waals surface area contributed by atoms with Gasteiger partial charge in [-0.2, -0.15) is 0 Å². The number of aromatic nitrogens is 1. The van der Waals surface area contributed by atoms with E-state index in [0.717, 1.165) is 0 Å². The lowest BCUT2D eigenvalue weighted by atomic mass is 9.96. The Hall–Kier alpha value is -3.48. The minimum absolute atomic E-state index is 0.108. The number of carbonyl (C=O) groups is 3. The summed E-state index contributed by atoms with van der Waals surface area (Å²) in [6.07, 6.45) is -0.108. The number of ether oxygens (including phenoxy) is 1. The van der Waals surface area contributed by atoms with E-state index in [4.69, 9.17) is 4.74 Å². The third-order valence-electron chi connectivity index (χ3n) is 4.73. The van der Waals surface area contributed by atoms with Gasteiger partial charge in [0.1, 0.15) is 6.04 Å². The molecule has 0 aliphatic heterocycles. The lowest BCUT2D eigenvalue weighted by Gasteiger charge is -2.21. The Kier molecular flexibility index (Phi) is 6.07. The number of carbonyl (C=O) groups excluding carboxylic acids is 2. The first-order valence-electron chi connectivity index (χ1n) is 9.39. The summed E-state index contributed by atoms with van der Waals surface area (Å²) in [6.45, 7) is 3.49. The Balaban J connectivity index is 1.99. The molecule has 0 aliphatic carbocycles. The van der Waals surface area contributed by atoms with E-state index < -0.39 is 29.8 Å². The van der Waals surface area contributed by atoms with E-state index in [2.05, 4.69) is 10.3 Å². The van der Waals surface area contributed by atoms with Crippen LogP contribution in [0.5, 0.6) is 0 Å². The molecule has 150 valence electrons. The van der Waals surface area contributed by atoms with Crippen LogP contribution in [0.4, 0.5) is 0 Å². The van der Waals surface area contributed by atoms with Crippen molar-refractivity contribution in [1.29, 1.82) is 0 Å². The standard InChI is InChI=1S/C22H22N2O5/c1-3-29-18(25)12-13(2)20(22(27)28)24-21(26)19-14-8-4-6-10-16(14)23-17-11-7-5-9-15(17)19/h4-11,13,20H,3,12H2,1-2H3,(H,24,26)(H,27,28)/t13-,20+/m0/s1. The summed E-state index contributed by atoms with van der Waals surface area (Å²) in [6, 6.07) is 13.2. The van der Waals surface area contributed by atoms with E-state index in [1.54, 1.807) is 50.2 Å². The quantitative estimate of drug-likeness (QED) is 0.471. The number of carboxylic acids is 1. The zero-order valence-electron chi connectivity index (χ0n) is 16.2. The maximum absolute atomic E-state index is 13.2. The third kappa shape index (κ3) is 4.34. The van der Waals surface area contributed by atoms with Gasteiger partial charge in [-0.25, -0.2) is 9.78 Å². The summed E-state index contributed by atoms with van der Waals surface area (Å²) in [5.41, 5.74) is 1.64. The number of hydrogen-bond donors (Lipinski definition) is 2. The van der Waals surface area contributed by atoms with Gasteiger partial charge >= 0.3 is 11.9 Å². The van der Waals surface area contributed by atoms with E-state index in [1.165, 1.54) is 0 Å². The van der Waals surface area contributed by atoms with Crippen molar-refractivity contribution in [1.82, 2.24) is 10.3 Å². The molecular formula is C22H22N2O5. The Labute approximate surface area is 167 Å². The topological polar surface area (TPSA) is 106 Å². The molecule has 2 atom stereocenters. The average molecular weight is 394 g/mol. The second-order valence-corrected chi connectivity index (χ2v) is 6.80. The lowest BCUT2D eigenvalue weighted by molar-refractivity contribution is -0.145. The number of carboxylic acid groups (broad SMARTS) is 1. The summed E-state index contributed by atoms with van der Waals surface area (Å²) in [4.78, 5) is 41.3. The van der Waals surface area contributed by atoms with Crippen molar-refractivity contribution in [3.63, 3.8) is 0 Å². The normalized spacial score (nSPS) is 13.0. The van der Waals surface area contributed by atoms with Crippen LogP contribution in [0.2, 0.25) is 0 Å². The number of rotatable bonds is 7. The average Bonchev–Trinajstić information content (AvgIpc) is 2.69. The van der Waals surface area contributed by atoms with Gasteiger partial charge in [0.05, 0.1) is 29.6 Å². The SMILES string of the molecule is CCOC(=O)C[C@H](C)[C@@H](NC(=O)c1c2ccccc2nc2ccccc12)C(=O)O. The van der Waals surface area contributed by atoms with Crippen molar-refractivity contribution in [3.8, 4) is 0 Å². The van der Waals surface area contributed by atoms with Gasteiger partial charge in [-0.3, -0.25) is 9.59 Å². The van der Waals surface area contributed by atoms with Crippen LogP contribution in [0.3, 0.4) is 0 Å². The van der Waals surface area contributed by atoms with Crippen molar-refractivity contribution < 1.29 is 24.2 Å². The highest BCUT2D eigenvalue weighted by Crippen LogP contribution is 2.26. The van der Waals surface area contributed by atoms with E-state index in [-0.39, 0.29) is 13.0 Å². The van der Waals surface area contributed by atoms with Gasteiger partial charge in [0, 0.05) is 10.8 Å². The van der Waals surface area contributed by atoms with Gasteiger partial charge in [-0.1, -0.05) is 43.3 Å². The van der Waals surface area contributed by atoms with Crippen LogP contribution >= 0.6 is 0 Å². The van der Waals surface area contributed by atoms with Crippen LogP contribution in [0.15, 0.2) is 48.5 Å². The molecule has 7 heteroatoms. The molecule has 0 saturated heterocycles. The Morgan fingerprint density at radius 1 is 1.03 bits per heavy atom. The Morgan fingerprint density at radius 2 is 1.59 bits per heavy atom. The second-order valence-electron chi connectivity index (χ2n) is 6.80. The number of aliphatic carboxylic acids is 1. The predicted molar refractivity (Wildman–Crippen MR) is 109 cm³/mol. The van der Waals surface area contributed by atoms with Crippen molar-refractivity contribution >= 4 is 39.7 Å². The molecule has 2 aromatic carbocycles. The molecule has 0 radical (unpaired) electrons. The summed E-state index contributed by atoms with van der Waals surface area (Å²) in [5, 5.41) is 13.5. The van der Waals surface area contributed by atoms with Crippen LogP contribution < -0.4 is 5.32 Å². The van der Waals surface area contributed by atoms with Crippen LogP contribution in [0.25, 0.3) is 21.8 Å². The van der Waals surface area contributed by atoms with Crippen molar-refractivity contribution in [2.75, 3.05) is 6.61 Å². The molecule has 2 N–H and O–H groups in total. The highest BCUT2D eigenvalue weighted by Gasteiger charge is 2.30. The molecular weight excluding hydrogens is 372 g/mol. The zero-order valence-corrected chi connectivity index (χ0v) is 16.2. The molecule has 1 aromatic heterocycles. The highest BCUT2D eigenvalue weighted by atomic mass is 16.5. The fourth-order valence-electron chi connectivity index (χ4n) is 3.35. The molecule has 0 bridgehead atoms. The summed E-state index contributed by atoms with van der Waals surface area (Å²) in [7, 11) is 0. The number of nitrogens with one attached hydrogen (secondary N) is 1. The van der Waals surface area contributed by atoms with Crippen LogP contribution in [-0.2, 0) is 14.3 Å². The maximum atomic E-state index is 13.2. The van der Waals surface area contributed by atoms with E-state index in [0.29, 0.717) is 27.4 Å². The van der Waals surface area contributed by atoms with Crippen LogP contribution in [0.1, 0.15) is 30.6 Å². The largest absolute Gasteiger partial charge is 0.480 e. The minimum Gasteiger partial charge on any atom is -0.480 e. The highest BCUT2D eigenvalue weighted by molar-refractivity contribution is 6.16. The Bertz CT molecular complexity index is 1030. The number of para-hydroxylation sites is 2. The number of esters is 1. The number of hydrogen-bond acceptors (Lipinski definition) is 5. The molecule has 0 unspecified atom stereocenters. The van der Waals surface area contributed by atoms with Gasteiger partial charge in [-0.15, -0.1) is 0 Å². The second kappa shape index (κ2) is 8.68. The number of benzene rings is 2. The molecule has 0 aliphatic rings. The molecule has 0 saturated carbocycles. The van der Waals surface area contributed by atoms with Gasteiger partial charge < -0.3 is 15.2 Å². The van der Waals surface area contributed by atoms with E-state index >= 15 is 0 Å². The summed E-state index contributed by atoms with van der Waals surface area (Å²) in [5.74, 6) is -2.88. The fourth-order valence-corrected chi connectivity index (χ4v) is 3.35. The smallest absolute Gasteiger partial charge is 0.326 e. The van der Waals surface area contributed by atoms with Crippen molar-refractivity contribution in [2.45, 2.75) is 26.3 Å². The monoisotopic (exact) mass is 394 g/mol. The molecule has 3 rings (SSSR count). The third-order valence-corrected chi connectivity index (χ3v) is 4.73. The number of pyridine rings is 1. The van der Waals surface area contributed by atoms with Gasteiger partial charge in [0.15, 0.2) is 0 Å². The van der Waals surface area contributed by atoms with Gasteiger partial charge in [0.2, 0.25) is 0 Å². The van der Waals surface area contributed by atoms with E-state index in [1.807, 2.05) is 12.1 Å². The summed E-state index contributed by atoms with van der Waals surface area (Å²) < 4.78 is 4.89. The zero-order chi connectivity index (χ0) is 21.0. The Morgan fingerprint density at radius 3 is 2.10 bits per heavy atom. The number of fused-ring (bicyclic) bond motifs is 2. The first kappa shape index (κ1) is 20.3. The van der Waals surface area contributed by atoms with Gasteiger partial charge in [0.25, 0.3) is 5.91 Å². The number of nitrogens with zero attached hydrogens (tertiary/aromatic N) is 1. The summed E-state index contributed by atoms with van der Waals surface area (Å²) >= 11 is 0. The first-order valence-corrected chi connectivity index (χ1v) is 9.39. The fraction of sp³-hybridized carbons (Fsp3) is 0.273. The molecule has 29 heavy (non-hydrogen) atoms. The molecule has 1 heterocycles. The molecule has 3 aromatic rings. The molecule has 0 spiro atoms. The first-order chi connectivity index (χ1) is 13.9. The van der Waals surface area contributed by atoms with Gasteiger partial charge in [-0.05, 0) is 25.0 Å². The molecule has 0 fully saturated rings. The number of amides is 1. The maximum Gasteiger partial charge on any atom is 0.326 e. The van der Waals surface area contributed by atoms with E-state index in [9.17, 15) is 19.5 Å². The van der Waals surface area contributed by atoms with Crippen LogP contribution in [-0.4, -0.2) is 40.6 Å². The predicted octanol–water partition coefficient (Wildman–Crippen LogP) is 3.16. The van der Waals surface area contributed by atoms with Crippen molar-refractivity contribution in [3.05, 3.63) is 54.1 Å². The van der Waals surface area contributed by atoms with Crippen molar-refractivity contribution in [2.24, 2.45) is 5.92 Å². The van der Waals surface area contributed by atoms with Crippen LogP contribution in [0, 0.1) is 5.92 Å². The molecule has 1 amide bonds. The lowest BCUT2D eigenvalue weighted by Crippen LogP contribution is -2.46.